The fraction of sp³-hybridized carbons (Fsp3) is 0.118. The zero-order valence-electron chi connectivity index (χ0n) is 11.2. The number of hydrogen-bond donors (Lipinski definition) is 0. The zero-order valence-corrected chi connectivity index (χ0v) is 12.0. The lowest BCUT2D eigenvalue weighted by Gasteiger charge is -2.14. The molecule has 0 saturated heterocycles. The highest BCUT2D eigenvalue weighted by Crippen LogP contribution is 2.21. The summed E-state index contributed by atoms with van der Waals surface area (Å²) in [6.07, 6.45) is 2.07. The molecule has 0 fully saturated rings. The molecule has 0 aromatic heterocycles. The molecule has 0 spiro atoms. The van der Waals surface area contributed by atoms with E-state index >= 15 is 0 Å². The van der Waals surface area contributed by atoms with Gasteiger partial charge in [-0.25, -0.2) is 0 Å². The molecule has 96 valence electrons. The van der Waals surface area contributed by atoms with Crippen LogP contribution in [0.2, 0.25) is 0 Å². The molecule has 2 rings (SSSR count). The van der Waals surface area contributed by atoms with Crippen LogP contribution in [0, 0.1) is 0 Å². The largest absolute Gasteiger partial charge is 0.383 e. The van der Waals surface area contributed by atoms with Crippen molar-refractivity contribution in [1.29, 1.82) is 0 Å². The van der Waals surface area contributed by atoms with E-state index in [1.165, 1.54) is 0 Å². The normalized spacial score (nSPS) is 11.2. The van der Waals surface area contributed by atoms with Gasteiger partial charge in [0.1, 0.15) is 0 Å². The average molecular weight is 267 g/mol. The molecule has 2 aromatic carbocycles. The fourth-order valence-corrected chi connectivity index (χ4v) is 2.19. The maximum Gasteiger partial charge on any atom is 0.0542 e. The van der Waals surface area contributed by atoms with Gasteiger partial charge in [-0.05, 0) is 11.1 Å². The monoisotopic (exact) mass is 267 g/mol. The Morgan fingerprint density at radius 2 is 1.32 bits per heavy atom. The van der Waals surface area contributed by atoms with Crippen LogP contribution >= 0.6 is 12.2 Å². The summed E-state index contributed by atoms with van der Waals surface area (Å²) >= 11 is 5.65. The first-order valence-corrected chi connectivity index (χ1v) is 6.63. The molecule has 0 aliphatic carbocycles. The smallest absolute Gasteiger partial charge is 0.0542 e. The van der Waals surface area contributed by atoms with Crippen LogP contribution in [-0.2, 0) is 0 Å². The van der Waals surface area contributed by atoms with Gasteiger partial charge in [0.05, 0.1) is 4.86 Å². The van der Waals surface area contributed by atoms with Gasteiger partial charge in [0.2, 0.25) is 0 Å². The van der Waals surface area contributed by atoms with Crippen LogP contribution in [0.25, 0.3) is 5.57 Å². The molecule has 0 heterocycles. The maximum atomic E-state index is 5.65. The molecule has 19 heavy (non-hydrogen) atoms. The topological polar surface area (TPSA) is 3.24 Å². The van der Waals surface area contributed by atoms with E-state index < -0.39 is 0 Å². The minimum absolute atomic E-state index is 0.875. The molecule has 0 aliphatic rings. The molecular formula is C17H17NS. The number of allylic oxidation sites excluding steroid dienone is 1. The molecule has 2 heteroatoms. The second-order valence-electron chi connectivity index (χ2n) is 4.57. The lowest BCUT2D eigenvalue weighted by Crippen LogP contribution is -2.08. The van der Waals surface area contributed by atoms with Crippen molar-refractivity contribution in [2.24, 2.45) is 0 Å². The Morgan fingerprint density at radius 3 is 1.79 bits per heavy atom. The highest BCUT2D eigenvalue weighted by Gasteiger charge is 2.10. The summed E-state index contributed by atoms with van der Waals surface area (Å²) in [4.78, 5) is 2.90. The highest BCUT2D eigenvalue weighted by molar-refractivity contribution is 7.81. The molecule has 0 amide bonds. The zero-order chi connectivity index (χ0) is 13.7. The predicted molar refractivity (Wildman–Crippen MR) is 86.2 cm³/mol. The first-order chi connectivity index (χ1) is 9.18. The molecule has 0 radical (unpaired) electrons. The summed E-state index contributed by atoms with van der Waals surface area (Å²) in [7, 11) is 4.02. The lowest BCUT2D eigenvalue weighted by atomic mass is 9.98. The van der Waals surface area contributed by atoms with Gasteiger partial charge in [-0.3, -0.25) is 0 Å². The first-order valence-electron chi connectivity index (χ1n) is 6.22. The van der Waals surface area contributed by atoms with E-state index in [-0.39, 0.29) is 0 Å². The number of rotatable bonds is 4. The molecule has 0 unspecified atom stereocenters. The second-order valence-corrected chi connectivity index (χ2v) is 4.98. The number of nitrogens with zero attached hydrogens (tertiary/aromatic N) is 1. The van der Waals surface area contributed by atoms with E-state index in [0.717, 1.165) is 21.6 Å². The van der Waals surface area contributed by atoms with Gasteiger partial charge in [-0.15, -0.1) is 0 Å². The Hall–Kier alpha value is -1.93. The molecule has 2 aromatic rings. The van der Waals surface area contributed by atoms with Crippen molar-refractivity contribution in [1.82, 2.24) is 4.90 Å². The van der Waals surface area contributed by atoms with Gasteiger partial charge in [0.25, 0.3) is 0 Å². The number of hydrogen-bond acceptors (Lipinski definition) is 2. The quantitative estimate of drug-likeness (QED) is 0.468. The summed E-state index contributed by atoms with van der Waals surface area (Å²) in [5.74, 6) is 0. The predicted octanol–water partition coefficient (Wildman–Crippen LogP) is 4.01. The number of thiocarbonyl (C=S) groups is 1. The Morgan fingerprint density at radius 1 is 0.842 bits per heavy atom. The summed E-state index contributed by atoms with van der Waals surface area (Å²) in [6, 6.07) is 20.4. The number of benzene rings is 2. The van der Waals surface area contributed by atoms with Gasteiger partial charge in [-0.2, -0.15) is 0 Å². The minimum atomic E-state index is 0.875. The van der Waals surface area contributed by atoms with Crippen molar-refractivity contribution < 1.29 is 0 Å². The highest BCUT2D eigenvalue weighted by atomic mass is 32.1. The van der Waals surface area contributed by atoms with Crippen LogP contribution in [0.3, 0.4) is 0 Å². The van der Waals surface area contributed by atoms with Gasteiger partial charge >= 0.3 is 0 Å². The molecule has 0 N–H and O–H groups in total. The van der Waals surface area contributed by atoms with Crippen LogP contribution in [-0.4, -0.2) is 23.9 Å². The standard InChI is InChI=1S/C17H17NS/c1-18(2)13-16(14-9-5-3-6-10-14)17(19)15-11-7-4-8-12-15/h3-13H,1-2H3/b16-13-. The summed E-state index contributed by atoms with van der Waals surface area (Å²) in [5, 5.41) is 0. The molecule has 1 nitrogen and oxygen atoms in total. The van der Waals surface area contributed by atoms with Crippen LogP contribution in [0.15, 0.2) is 66.9 Å². The van der Waals surface area contributed by atoms with Crippen molar-refractivity contribution in [2.75, 3.05) is 14.1 Å². The average Bonchev–Trinajstić information content (AvgIpc) is 2.46. The van der Waals surface area contributed by atoms with E-state index in [4.69, 9.17) is 12.2 Å². The van der Waals surface area contributed by atoms with Crippen molar-refractivity contribution in [2.45, 2.75) is 0 Å². The fourth-order valence-electron chi connectivity index (χ4n) is 1.89. The van der Waals surface area contributed by atoms with Gasteiger partial charge in [0, 0.05) is 25.9 Å². The van der Waals surface area contributed by atoms with Crippen LogP contribution < -0.4 is 0 Å². The van der Waals surface area contributed by atoms with E-state index in [1.54, 1.807) is 0 Å². The van der Waals surface area contributed by atoms with Crippen LogP contribution in [0.5, 0.6) is 0 Å². The van der Waals surface area contributed by atoms with Crippen LogP contribution in [0.1, 0.15) is 11.1 Å². The Labute approximate surface area is 120 Å². The minimum Gasteiger partial charge on any atom is -0.383 e. The van der Waals surface area contributed by atoms with Crippen molar-refractivity contribution in [3.63, 3.8) is 0 Å². The van der Waals surface area contributed by atoms with Gasteiger partial charge in [-0.1, -0.05) is 72.9 Å². The van der Waals surface area contributed by atoms with E-state index in [0.29, 0.717) is 0 Å². The van der Waals surface area contributed by atoms with E-state index in [1.807, 2.05) is 55.4 Å². The molecule has 0 atom stereocenters. The molecule has 0 saturated carbocycles. The Bertz CT molecular complexity index is 571. The maximum absolute atomic E-state index is 5.65. The third kappa shape index (κ3) is 3.52. The van der Waals surface area contributed by atoms with E-state index in [9.17, 15) is 0 Å². The molecule has 0 bridgehead atoms. The first kappa shape index (κ1) is 13.5. The summed E-state index contributed by atoms with van der Waals surface area (Å²) in [5.41, 5.74) is 3.30. The van der Waals surface area contributed by atoms with Crippen molar-refractivity contribution >= 4 is 22.7 Å². The van der Waals surface area contributed by atoms with Crippen molar-refractivity contribution in [3.8, 4) is 0 Å². The van der Waals surface area contributed by atoms with Gasteiger partial charge < -0.3 is 4.90 Å². The second kappa shape index (κ2) is 6.30. The van der Waals surface area contributed by atoms with Gasteiger partial charge in [0.15, 0.2) is 0 Å². The lowest BCUT2D eigenvalue weighted by molar-refractivity contribution is 0.566. The van der Waals surface area contributed by atoms with Crippen molar-refractivity contribution in [3.05, 3.63) is 78.0 Å². The Kier molecular flexibility index (Phi) is 4.48. The summed E-state index contributed by atoms with van der Waals surface area (Å²) < 4.78 is 0. The Balaban J connectivity index is 2.43. The SMILES string of the molecule is CN(C)/C=C(\C(=S)c1ccccc1)c1ccccc1. The third-order valence-corrected chi connectivity index (χ3v) is 3.21. The third-order valence-electron chi connectivity index (χ3n) is 2.75. The summed E-state index contributed by atoms with van der Waals surface area (Å²) in [6.45, 7) is 0. The van der Waals surface area contributed by atoms with E-state index in [2.05, 4.69) is 30.5 Å². The molecule has 0 aliphatic heterocycles. The van der Waals surface area contributed by atoms with Crippen LogP contribution in [0.4, 0.5) is 0 Å². The molecular weight excluding hydrogens is 250 g/mol.